The summed E-state index contributed by atoms with van der Waals surface area (Å²) < 4.78 is 44.9. The Morgan fingerprint density at radius 3 is 1.55 bits per heavy atom. The first-order valence-corrected chi connectivity index (χ1v) is 39.8. The Labute approximate surface area is 663 Å². The number of para-hydroxylation sites is 1. The SMILES string of the molecule is CCOc1ccc(-c2nc(-c3cccc4[nH]cnc34)no2)cc1OCC.CCOc1ccc(-c2nc(-c3cccc4c3CCC4NCCN(CC)CC)no2)cc1OCC.Cc1sc(-c2nc(-c3ccc(CCO)cc3)no2)cc1-c1ccccc1.Cc1sc(-c2nc(-c3cccc4ccccc34)no2)cc1-c1ccccc1. The molecule has 574 valence electrons. The Morgan fingerprint density at radius 1 is 0.469 bits per heavy atom. The van der Waals surface area contributed by atoms with Crippen molar-refractivity contribution in [3.63, 3.8) is 0 Å². The summed E-state index contributed by atoms with van der Waals surface area (Å²) in [6, 6.07) is 71.0. The number of benzene rings is 9. The molecule has 0 aliphatic heterocycles. The maximum Gasteiger partial charge on any atom is 0.268 e. The fourth-order valence-corrected chi connectivity index (χ4v) is 15.6. The lowest BCUT2D eigenvalue weighted by atomic mass is 10.0. The largest absolute Gasteiger partial charge is 0.490 e. The van der Waals surface area contributed by atoms with E-state index in [0.29, 0.717) is 109 Å². The van der Waals surface area contributed by atoms with Gasteiger partial charge < -0.3 is 57.3 Å². The predicted octanol–water partition coefficient (Wildman–Crippen LogP) is 20.8. The van der Waals surface area contributed by atoms with E-state index in [1.807, 2.05) is 155 Å². The van der Waals surface area contributed by atoms with Crippen molar-refractivity contribution in [3.05, 3.63) is 245 Å². The van der Waals surface area contributed by atoms with Crippen molar-refractivity contribution in [2.45, 2.75) is 80.7 Å². The van der Waals surface area contributed by atoms with Crippen LogP contribution in [0.25, 0.3) is 134 Å². The second kappa shape index (κ2) is 37.2. The Morgan fingerprint density at radius 2 is 0.956 bits per heavy atom. The highest BCUT2D eigenvalue weighted by molar-refractivity contribution is 7.16. The van der Waals surface area contributed by atoms with Gasteiger partial charge in [-0.3, -0.25) is 0 Å². The number of aryl methyl sites for hydroxylation is 2. The van der Waals surface area contributed by atoms with Gasteiger partial charge in [0, 0.05) is 63.3 Å². The molecule has 0 radical (unpaired) electrons. The number of aliphatic hydroxyl groups excluding tert-OH is 1. The van der Waals surface area contributed by atoms with Crippen molar-refractivity contribution in [2.24, 2.45) is 0 Å². The van der Waals surface area contributed by atoms with E-state index in [0.717, 1.165) is 104 Å². The lowest BCUT2D eigenvalue weighted by molar-refractivity contribution is 0.288. The van der Waals surface area contributed by atoms with Crippen LogP contribution in [0.3, 0.4) is 0 Å². The van der Waals surface area contributed by atoms with Gasteiger partial charge in [-0.2, -0.15) is 19.9 Å². The molecule has 0 bridgehead atoms. The lowest BCUT2D eigenvalue weighted by Gasteiger charge is -2.20. The summed E-state index contributed by atoms with van der Waals surface area (Å²) in [6.45, 7) is 23.0. The molecule has 17 rings (SSSR count). The van der Waals surface area contributed by atoms with E-state index < -0.39 is 0 Å². The van der Waals surface area contributed by atoms with Gasteiger partial charge in [0.2, 0.25) is 23.3 Å². The minimum Gasteiger partial charge on any atom is -0.490 e. The van der Waals surface area contributed by atoms with Crippen LogP contribution in [0.4, 0.5) is 0 Å². The van der Waals surface area contributed by atoms with Gasteiger partial charge in [0.05, 0.1) is 59.1 Å². The molecule has 3 N–H and O–H groups in total. The van der Waals surface area contributed by atoms with Gasteiger partial charge in [-0.1, -0.05) is 186 Å². The van der Waals surface area contributed by atoms with Crippen molar-refractivity contribution in [1.82, 2.24) is 60.7 Å². The number of imidazole rings is 1. The third-order valence-electron chi connectivity index (χ3n) is 19.3. The molecular weight excluding hydrogens is 1460 g/mol. The molecule has 16 aromatic rings. The molecule has 21 nitrogen and oxygen atoms in total. The number of fused-ring (bicyclic) bond motifs is 3. The number of H-pyrrole nitrogens is 1. The first kappa shape index (κ1) is 77.5. The summed E-state index contributed by atoms with van der Waals surface area (Å²) in [6.07, 6.45) is 4.40. The van der Waals surface area contributed by atoms with Crippen LogP contribution in [0.5, 0.6) is 23.0 Å². The smallest absolute Gasteiger partial charge is 0.268 e. The molecule has 1 atom stereocenters. The van der Waals surface area contributed by atoms with Crippen LogP contribution in [0.2, 0.25) is 0 Å². The Hall–Kier alpha value is -12.3. The predicted molar refractivity (Wildman–Crippen MR) is 446 cm³/mol. The second-order valence-corrected chi connectivity index (χ2v) is 28.9. The van der Waals surface area contributed by atoms with Crippen molar-refractivity contribution >= 4 is 44.5 Å². The Bertz CT molecular complexity index is 5760. The number of nitrogens with one attached hydrogen (secondary N) is 2. The van der Waals surface area contributed by atoms with E-state index in [9.17, 15) is 0 Å². The van der Waals surface area contributed by atoms with Crippen molar-refractivity contribution < 1.29 is 42.1 Å². The van der Waals surface area contributed by atoms with Crippen LogP contribution in [0, 0.1) is 13.8 Å². The maximum absolute atomic E-state index is 9.00. The summed E-state index contributed by atoms with van der Waals surface area (Å²) in [5.74, 6) is 7.04. The summed E-state index contributed by atoms with van der Waals surface area (Å²) in [7, 11) is 0. The minimum atomic E-state index is 0.146. The van der Waals surface area contributed by atoms with E-state index in [1.54, 1.807) is 29.0 Å². The van der Waals surface area contributed by atoms with Gasteiger partial charge in [0.25, 0.3) is 23.6 Å². The highest BCUT2D eigenvalue weighted by Gasteiger charge is 2.28. The third-order valence-corrected chi connectivity index (χ3v) is 21.3. The molecule has 0 fully saturated rings. The molecule has 0 amide bonds. The number of aliphatic hydroxyl groups is 1. The molecule has 0 saturated heterocycles. The van der Waals surface area contributed by atoms with Crippen molar-refractivity contribution in [3.8, 4) is 135 Å². The lowest BCUT2D eigenvalue weighted by Crippen LogP contribution is -2.33. The molecule has 0 spiro atoms. The van der Waals surface area contributed by atoms with E-state index in [2.05, 4.69) is 168 Å². The number of hydrogen-bond acceptors (Lipinski definition) is 22. The first-order valence-electron chi connectivity index (χ1n) is 38.2. The van der Waals surface area contributed by atoms with E-state index >= 15 is 0 Å². The molecule has 1 unspecified atom stereocenters. The Kier molecular flexibility index (Phi) is 25.5. The molecule has 23 heteroatoms. The van der Waals surface area contributed by atoms with Crippen LogP contribution in [0.1, 0.15) is 80.4 Å². The highest BCUT2D eigenvalue weighted by Crippen LogP contribution is 2.42. The molecule has 0 saturated carbocycles. The van der Waals surface area contributed by atoms with E-state index in [4.69, 9.17) is 47.1 Å². The van der Waals surface area contributed by atoms with Crippen LogP contribution >= 0.6 is 22.7 Å². The number of aromatic amines is 1. The zero-order valence-corrected chi connectivity index (χ0v) is 66.0. The summed E-state index contributed by atoms with van der Waals surface area (Å²) in [5.41, 5.74) is 15.6. The highest BCUT2D eigenvalue weighted by atomic mass is 32.1. The summed E-state index contributed by atoms with van der Waals surface area (Å²) in [4.78, 5) is 32.8. The molecule has 113 heavy (non-hydrogen) atoms. The van der Waals surface area contributed by atoms with Gasteiger partial charge in [0.15, 0.2) is 23.0 Å². The zero-order chi connectivity index (χ0) is 78.0. The second-order valence-electron chi connectivity index (χ2n) is 26.4. The standard InChI is InChI=1S/C27H36N4O3.C23H16N2OS.C21H18N2O2S.C19H18N4O3/c1-5-31(6-2)17-16-28-23-14-13-20-21(23)10-9-11-22(20)26-29-27(34-30-26)19-12-15-24(32-7-3)25(18-19)33-8-4;1-15-20(17-8-3-2-4-9-17)14-21(27-15)23-24-22(25-26-23)19-13-7-11-16-10-5-6-12-18(16)19;1-14-18(16-5-3-2-4-6-16)13-19(26-14)21-22-20(23-25-21)17-9-7-15(8-10-17)11-12-24;1-3-24-15-9-8-12(10-16(15)25-4-2)19-22-18(23-26-19)13-6-5-7-14-17(13)21-11-20-14/h9-12,15,18,23,28H,5-8,13-14,16-17H2,1-4H3;2-14H,1H3;2-10,13,24H,11-12H2,1H3;5-11H,3-4H2,1-2H3,(H,20,21). The van der Waals surface area contributed by atoms with Crippen LogP contribution in [-0.4, -0.2) is 120 Å². The molecular formula is C90H88N12O9S2. The molecule has 7 aromatic heterocycles. The van der Waals surface area contributed by atoms with Crippen LogP contribution in [0.15, 0.2) is 237 Å². The number of thiophene rings is 2. The molecule has 7 heterocycles. The fourth-order valence-electron chi connectivity index (χ4n) is 13.7. The quantitative estimate of drug-likeness (QED) is 0.0455. The number of rotatable bonds is 26. The van der Waals surface area contributed by atoms with Gasteiger partial charge >= 0.3 is 0 Å². The normalized spacial score (nSPS) is 12.2. The fraction of sp³-hybridized carbons (Fsp3) is 0.233. The van der Waals surface area contributed by atoms with Gasteiger partial charge in [-0.05, 0) is 184 Å². The van der Waals surface area contributed by atoms with Crippen LogP contribution < -0.4 is 24.3 Å². The number of likely N-dealkylation sites (N-methyl/N-ethyl adjacent to an activating group) is 1. The molecule has 9 aromatic carbocycles. The maximum atomic E-state index is 9.00. The van der Waals surface area contributed by atoms with E-state index in [1.165, 1.54) is 48.5 Å². The van der Waals surface area contributed by atoms with E-state index in [-0.39, 0.29) is 6.61 Å². The number of nitrogens with zero attached hydrogens (tertiary/aromatic N) is 10. The van der Waals surface area contributed by atoms with Crippen LogP contribution in [-0.2, 0) is 12.8 Å². The number of ether oxygens (including phenoxy) is 4. The number of hydrogen-bond donors (Lipinski definition) is 3. The first-order chi connectivity index (χ1) is 55.5. The monoisotopic (exact) mass is 1540 g/mol. The summed E-state index contributed by atoms with van der Waals surface area (Å²) in [5, 5.41) is 31.8. The van der Waals surface area contributed by atoms with Crippen molar-refractivity contribution in [2.75, 3.05) is 59.2 Å². The average Bonchev–Trinajstić information content (AvgIpc) is 1.57. The average molecular weight is 1550 g/mol. The molecule has 1 aliphatic rings. The van der Waals surface area contributed by atoms with Crippen molar-refractivity contribution in [1.29, 1.82) is 0 Å². The van der Waals surface area contributed by atoms with Gasteiger partial charge in [0.1, 0.15) is 0 Å². The minimum absolute atomic E-state index is 0.146. The Balaban J connectivity index is 0.000000126. The number of aromatic nitrogens is 10. The summed E-state index contributed by atoms with van der Waals surface area (Å²) >= 11 is 3.33. The zero-order valence-electron chi connectivity index (χ0n) is 64.3. The van der Waals surface area contributed by atoms with Gasteiger partial charge in [-0.15, -0.1) is 22.7 Å². The topological polar surface area (TPSA) is 257 Å². The van der Waals surface area contributed by atoms with Gasteiger partial charge in [-0.25, -0.2) is 4.98 Å². The third kappa shape index (κ3) is 18.2. The molecule has 1 aliphatic carbocycles.